The van der Waals surface area contributed by atoms with Gasteiger partial charge < -0.3 is 15.2 Å². The van der Waals surface area contributed by atoms with Gasteiger partial charge >= 0.3 is 5.97 Å². The van der Waals surface area contributed by atoms with E-state index in [9.17, 15) is 4.79 Å². The topological polar surface area (TPSA) is 71.5 Å². The lowest BCUT2D eigenvalue weighted by molar-refractivity contribution is 0.0690. The number of pyridine rings is 1. The first-order chi connectivity index (χ1) is 8.69. The van der Waals surface area contributed by atoms with Crippen molar-refractivity contribution in [3.63, 3.8) is 0 Å². The van der Waals surface area contributed by atoms with Crippen LogP contribution in [-0.2, 0) is 0 Å². The molecule has 0 saturated heterocycles. The van der Waals surface area contributed by atoms with Gasteiger partial charge in [0.15, 0.2) is 0 Å². The third-order valence-electron chi connectivity index (χ3n) is 2.36. The number of hydrogen-bond acceptors (Lipinski definition) is 4. The van der Waals surface area contributed by atoms with E-state index in [0.29, 0.717) is 5.69 Å². The summed E-state index contributed by atoms with van der Waals surface area (Å²) in [6.07, 6.45) is 1.45. The minimum absolute atomic E-state index is 0.00788. The molecule has 2 rings (SSSR count). The number of nitrogens with zero attached hydrogens (tertiary/aromatic N) is 1. The minimum Gasteiger partial charge on any atom is -0.497 e. The lowest BCUT2D eigenvalue weighted by Crippen LogP contribution is -2.01. The minimum atomic E-state index is -1.05. The Bertz CT molecular complexity index is 552. The van der Waals surface area contributed by atoms with Crippen LogP contribution in [0.3, 0.4) is 0 Å². The van der Waals surface area contributed by atoms with Crippen molar-refractivity contribution in [2.75, 3.05) is 12.4 Å². The second-order valence-electron chi connectivity index (χ2n) is 3.59. The summed E-state index contributed by atoms with van der Waals surface area (Å²) in [7, 11) is 1.60. The smallest absolute Gasteiger partial charge is 0.354 e. The zero-order valence-corrected chi connectivity index (χ0v) is 9.75. The maximum Gasteiger partial charge on any atom is 0.354 e. The van der Waals surface area contributed by atoms with Crippen LogP contribution in [0.1, 0.15) is 10.5 Å². The van der Waals surface area contributed by atoms with Gasteiger partial charge in [-0.2, -0.15) is 0 Å². The van der Waals surface area contributed by atoms with E-state index in [-0.39, 0.29) is 5.69 Å². The molecule has 0 saturated carbocycles. The Hall–Kier alpha value is -2.56. The second-order valence-corrected chi connectivity index (χ2v) is 3.59. The number of carboxylic acid groups (broad SMARTS) is 1. The van der Waals surface area contributed by atoms with Crippen molar-refractivity contribution >= 4 is 17.3 Å². The van der Waals surface area contributed by atoms with Crippen LogP contribution in [0.4, 0.5) is 11.4 Å². The number of nitrogens with one attached hydrogen (secondary N) is 1. The maximum absolute atomic E-state index is 10.8. The first-order valence-corrected chi connectivity index (χ1v) is 5.29. The van der Waals surface area contributed by atoms with Gasteiger partial charge in [0.25, 0.3) is 0 Å². The van der Waals surface area contributed by atoms with E-state index in [1.807, 2.05) is 24.3 Å². The zero-order valence-electron chi connectivity index (χ0n) is 9.75. The average molecular weight is 244 g/mol. The third kappa shape index (κ3) is 2.76. The van der Waals surface area contributed by atoms with Gasteiger partial charge in [-0.15, -0.1) is 0 Å². The van der Waals surface area contributed by atoms with Crippen molar-refractivity contribution in [3.05, 3.63) is 48.3 Å². The standard InChI is InChI=1S/C13H12N2O3/c1-18-11-4-2-9(3-5-11)15-10-6-7-14-12(8-10)13(16)17/h2-8H,1H3,(H,14,15)(H,16,17). The predicted octanol–water partition coefficient (Wildman–Crippen LogP) is 2.53. The summed E-state index contributed by atoms with van der Waals surface area (Å²) < 4.78 is 5.05. The highest BCUT2D eigenvalue weighted by Crippen LogP contribution is 2.19. The molecule has 2 N–H and O–H groups in total. The van der Waals surface area contributed by atoms with Gasteiger partial charge in [-0.1, -0.05) is 0 Å². The van der Waals surface area contributed by atoms with E-state index in [0.717, 1.165) is 11.4 Å². The average Bonchev–Trinajstić information content (AvgIpc) is 2.40. The molecule has 92 valence electrons. The molecule has 0 spiro atoms. The largest absolute Gasteiger partial charge is 0.497 e. The molecule has 0 radical (unpaired) electrons. The molecule has 0 atom stereocenters. The van der Waals surface area contributed by atoms with Crippen LogP contribution in [0.25, 0.3) is 0 Å². The predicted molar refractivity (Wildman–Crippen MR) is 67.5 cm³/mol. The molecule has 1 aromatic carbocycles. The van der Waals surface area contributed by atoms with Crippen molar-refractivity contribution in [2.45, 2.75) is 0 Å². The van der Waals surface area contributed by atoms with E-state index in [1.165, 1.54) is 12.3 Å². The fourth-order valence-electron chi connectivity index (χ4n) is 1.47. The quantitative estimate of drug-likeness (QED) is 0.864. The number of aromatic nitrogens is 1. The summed E-state index contributed by atoms with van der Waals surface area (Å²) in [5.41, 5.74) is 1.53. The van der Waals surface area contributed by atoms with Crippen molar-refractivity contribution < 1.29 is 14.6 Å². The number of carboxylic acids is 1. The lowest BCUT2D eigenvalue weighted by Gasteiger charge is -2.07. The van der Waals surface area contributed by atoms with Crippen LogP contribution in [0.2, 0.25) is 0 Å². The number of aromatic carboxylic acids is 1. The molecule has 1 aromatic heterocycles. The Morgan fingerprint density at radius 2 is 1.94 bits per heavy atom. The second kappa shape index (κ2) is 5.18. The van der Waals surface area contributed by atoms with Crippen LogP contribution < -0.4 is 10.1 Å². The first-order valence-electron chi connectivity index (χ1n) is 5.29. The number of rotatable bonds is 4. The molecule has 0 aliphatic heterocycles. The van der Waals surface area contributed by atoms with Gasteiger partial charge in [-0.3, -0.25) is 0 Å². The highest BCUT2D eigenvalue weighted by atomic mass is 16.5. The highest BCUT2D eigenvalue weighted by molar-refractivity contribution is 5.86. The molecule has 0 aliphatic rings. The normalized spacial score (nSPS) is 9.83. The number of hydrogen-bond donors (Lipinski definition) is 2. The molecule has 0 unspecified atom stereocenters. The molecule has 0 aliphatic carbocycles. The van der Waals surface area contributed by atoms with E-state index in [4.69, 9.17) is 9.84 Å². The Kier molecular flexibility index (Phi) is 3.43. The fourth-order valence-corrected chi connectivity index (χ4v) is 1.47. The Balaban J connectivity index is 2.17. The SMILES string of the molecule is COc1ccc(Nc2ccnc(C(=O)O)c2)cc1. The zero-order chi connectivity index (χ0) is 13.0. The number of benzene rings is 1. The van der Waals surface area contributed by atoms with E-state index < -0.39 is 5.97 Å². The summed E-state index contributed by atoms with van der Waals surface area (Å²) in [6.45, 7) is 0. The molecule has 2 aromatic rings. The van der Waals surface area contributed by atoms with Crippen molar-refractivity contribution in [1.82, 2.24) is 4.98 Å². The van der Waals surface area contributed by atoms with Crippen molar-refractivity contribution in [3.8, 4) is 5.75 Å². The van der Waals surface area contributed by atoms with Gasteiger partial charge in [0, 0.05) is 17.6 Å². The number of methoxy groups -OCH3 is 1. The summed E-state index contributed by atoms with van der Waals surface area (Å²) >= 11 is 0. The molecule has 1 heterocycles. The van der Waals surface area contributed by atoms with Gasteiger partial charge in [0.05, 0.1) is 7.11 Å². The number of carbonyl (C=O) groups is 1. The third-order valence-corrected chi connectivity index (χ3v) is 2.36. The summed E-state index contributed by atoms with van der Waals surface area (Å²) in [5, 5.41) is 11.9. The van der Waals surface area contributed by atoms with Crippen LogP contribution in [0.15, 0.2) is 42.6 Å². The maximum atomic E-state index is 10.8. The van der Waals surface area contributed by atoms with Crippen LogP contribution >= 0.6 is 0 Å². The van der Waals surface area contributed by atoms with Gasteiger partial charge in [0.2, 0.25) is 0 Å². The highest BCUT2D eigenvalue weighted by Gasteiger charge is 2.04. The Morgan fingerprint density at radius 3 is 2.56 bits per heavy atom. The Labute approximate surface area is 104 Å². The van der Waals surface area contributed by atoms with E-state index in [2.05, 4.69) is 10.3 Å². The van der Waals surface area contributed by atoms with Crippen LogP contribution in [0, 0.1) is 0 Å². The summed E-state index contributed by atoms with van der Waals surface area (Å²) in [4.78, 5) is 14.5. The molecule has 0 fully saturated rings. The monoisotopic (exact) mass is 244 g/mol. The molecule has 0 amide bonds. The number of ether oxygens (including phenoxy) is 1. The van der Waals surface area contributed by atoms with Gasteiger partial charge in [-0.05, 0) is 36.4 Å². The van der Waals surface area contributed by atoms with Crippen LogP contribution in [-0.4, -0.2) is 23.2 Å². The molecule has 5 nitrogen and oxygen atoms in total. The van der Waals surface area contributed by atoms with E-state index in [1.54, 1.807) is 13.2 Å². The Morgan fingerprint density at radius 1 is 1.22 bits per heavy atom. The van der Waals surface area contributed by atoms with Crippen molar-refractivity contribution in [2.24, 2.45) is 0 Å². The fraction of sp³-hybridized carbons (Fsp3) is 0.0769. The van der Waals surface area contributed by atoms with Gasteiger partial charge in [-0.25, -0.2) is 9.78 Å². The van der Waals surface area contributed by atoms with E-state index >= 15 is 0 Å². The summed E-state index contributed by atoms with van der Waals surface area (Å²) in [6, 6.07) is 10.5. The van der Waals surface area contributed by atoms with Crippen LogP contribution in [0.5, 0.6) is 5.75 Å². The molecular formula is C13H12N2O3. The molecular weight excluding hydrogens is 232 g/mol. The molecule has 0 bridgehead atoms. The van der Waals surface area contributed by atoms with Crippen molar-refractivity contribution in [1.29, 1.82) is 0 Å². The van der Waals surface area contributed by atoms with Gasteiger partial charge in [0.1, 0.15) is 11.4 Å². The molecule has 18 heavy (non-hydrogen) atoms. The lowest BCUT2D eigenvalue weighted by atomic mass is 10.2. The summed E-state index contributed by atoms with van der Waals surface area (Å²) in [5.74, 6) is -0.283. The first kappa shape index (κ1) is 11.9. The molecule has 5 heteroatoms. The number of anilines is 2.